The van der Waals surface area contributed by atoms with E-state index >= 15 is 0 Å². The van der Waals surface area contributed by atoms with E-state index in [1.165, 1.54) is 18.1 Å². The van der Waals surface area contributed by atoms with E-state index in [0.29, 0.717) is 33.6 Å². The summed E-state index contributed by atoms with van der Waals surface area (Å²) in [6.07, 6.45) is 3.74. The number of hydrogen-bond acceptors (Lipinski definition) is 3. The number of carbonyl (C=O) groups excluding carboxylic acids is 2. The van der Waals surface area contributed by atoms with Crippen LogP contribution >= 0.6 is 23.2 Å². The molecule has 0 aliphatic heterocycles. The summed E-state index contributed by atoms with van der Waals surface area (Å²) in [5.41, 5.74) is 1.23. The van der Waals surface area contributed by atoms with E-state index in [1.54, 1.807) is 42.5 Å². The maximum atomic E-state index is 12.6. The van der Waals surface area contributed by atoms with Crippen molar-refractivity contribution in [2.45, 2.75) is 13.3 Å². The van der Waals surface area contributed by atoms with Crippen LogP contribution in [0.3, 0.4) is 0 Å². The second-order valence-corrected chi connectivity index (χ2v) is 6.85. The molecule has 0 spiro atoms. The van der Waals surface area contributed by atoms with Gasteiger partial charge < -0.3 is 15.0 Å². The number of amides is 2. The van der Waals surface area contributed by atoms with Gasteiger partial charge in [0, 0.05) is 22.7 Å². The van der Waals surface area contributed by atoms with E-state index in [1.807, 2.05) is 13.0 Å². The van der Waals surface area contributed by atoms with Gasteiger partial charge in [0.2, 0.25) is 11.8 Å². The third kappa shape index (κ3) is 6.29. The summed E-state index contributed by atoms with van der Waals surface area (Å²) in [6, 6.07) is 12.1. The third-order valence-electron chi connectivity index (χ3n) is 3.89. The normalized spacial score (nSPS) is 10.7. The molecule has 0 saturated heterocycles. The third-order valence-corrected chi connectivity index (χ3v) is 4.45. The van der Waals surface area contributed by atoms with Crippen molar-refractivity contribution < 1.29 is 14.3 Å². The van der Waals surface area contributed by atoms with E-state index in [0.717, 1.165) is 6.42 Å². The highest BCUT2D eigenvalue weighted by Crippen LogP contribution is 2.23. The topological polar surface area (TPSA) is 58.6 Å². The summed E-state index contributed by atoms with van der Waals surface area (Å²) in [7, 11) is 1.53. The minimum absolute atomic E-state index is 0.0661. The molecule has 0 aliphatic carbocycles. The largest absolute Gasteiger partial charge is 0.495 e. The van der Waals surface area contributed by atoms with Crippen LogP contribution < -0.4 is 10.1 Å². The molecular formula is C21H22Cl2N2O3. The Morgan fingerprint density at radius 2 is 1.93 bits per heavy atom. The fraction of sp³-hybridized carbons (Fsp3) is 0.238. The van der Waals surface area contributed by atoms with E-state index in [9.17, 15) is 9.59 Å². The molecule has 0 bridgehead atoms. The quantitative estimate of drug-likeness (QED) is 0.618. The van der Waals surface area contributed by atoms with Crippen LogP contribution in [0.2, 0.25) is 10.0 Å². The van der Waals surface area contributed by atoms with Crippen molar-refractivity contribution >= 4 is 46.8 Å². The lowest BCUT2D eigenvalue weighted by Gasteiger charge is -2.20. The van der Waals surface area contributed by atoms with Crippen molar-refractivity contribution in [1.82, 2.24) is 4.90 Å². The van der Waals surface area contributed by atoms with Gasteiger partial charge in [-0.25, -0.2) is 0 Å². The molecule has 2 rings (SSSR count). The van der Waals surface area contributed by atoms with Crippen LogP contribution in [0, 0.1) is 0 Å². The molecule has 0 radical (unpaired) electrons. The molecule has 0 aliphatic rings. The van der Waals surface area contributed by atoms with Crippen LogP contribution in [-0.2, 0) is 9.59 Å². The lowest BCUT2D eigenvalue weighted by atomic mass is 10.2. The Kier molecular flexibility index (Phi) is 8.36. The van der Waals surface area contributed by atoms with E-state index in [4.69, 9.17) is 27.9 Å². The molecule has 0 heterocycles. The van der Waals surface area contributed by atoms with Gasteiger partial charge >= 0.3 is 0 Å². The second-order valence-electron chi connectivity index (χ2n) is 6.01. The first-order chi connectivity index (χ1) is 13.4. The number of nitrogens with zero attached hydrogens (tertiary/aromatic N) is 1. The molecule has 1 N–H and O–H groups in total. The van der Waals surface area contributed by atoms with Crippen LogP contribution in [0.25, 0.3) is 6.08 Å². The Morgan fingerprint density at radius 1 is 1.18 bits per heavy atom. The number of para-hydroxylation sites is 2. The van der Waals surface area contributed by atoms with Gasteiger partial charge in [-0.3, -0.25) is 9.59 Å². The van der Waals surface area contributed by atoms with Crippen LogP contribution in [-0.4, -0.2) is 36.9 Å². The highest BCUT2D eigenvalue weighted by molar-refractivity contribution is 6.35. The van der Waals surface area contributed by atoms with Gasteiger partial charge in [0.25, 0.3) is 0 Å². The standard InChI is InChI=1S/C21H22Cl2N2O3/c1-3-12-25(14-20(26)24-18-6-4-5-7-19(18)28-2)21(27)11-9-15-8-10-16(22)13-17(15)23/h4-11,13H,3,12,14H2,1-2H3,(H,24,26)/b11-9+. The number of halogens is 2. The molecular weight excluding hydrogens is 399 g/mol. The minimum Gasteiger partial charge on any atom is -0.495 e. The fourth-order valence-corrected chi connectivity index (χ4v) is 3.02. The number of methoxy groups -OCH3 is 1. The zero-order chi connectivity index (χ0) is 20.5. The number of rotatable bonds is 8. The smallest absolute Gasteiger partial charge is 0.247 e. The van der Waals surface area contributed by atoms with Crippen molar-refractivity contribution in [2.75, 3.05) is 25.5 Å². The lowest BCUT2D eigenvalue weighted by molar-refractivity contribution is -0.130. The molecule has 148 valence electrons. The Morgan fingerprint density at radius 3 is 2.61 bits per heavy atom. The first kappa shape index (κ1) is 21.8. The molecule has 0 unspecified atom stereocenters. The van der Waals surface area contributed by atoms with Crippen LogP contribution in [0.5, 0.6) is 5.75 Å². The predicted molar refractivity (Wildman–Crippen MR) is 114 cm³/mol. The van der Waals surface area contributed by atoms with Gasteiger partial charge in [-0.1, -0.05) is 48.3 Å². The highest BCUT2D eigenvalue weighted by atomic mass is 35.5. The number of benzene rings is 2. The maximum absolute atomic E-state index is 12.6. The number of nitrogens with one attached hydrogen (secondary N) is 1. The summed E-state index contributed by atoms with van der Waals surface area (Å²) in [6.45, 7) is 2.33. The molecule has 5 nitrogen and oxygen atoms in total. The van der Waals surface area contributed by atoms with Crippen LogP contribution in [0.1, 0.15) is 18.9 Å². The predicted octanol–water partition coefficient (Wildman–Crippen LogP) is 4.89. The van der Waals surface area contributed by atoms with Gasteiger partial charge in [-0.2, -0.15) is 0 Å². The van der Waals surface area contributed by atoms with Gasteiger partial charge in [-0.15, -0.1) is 0 Å². The number of carbonyl (C=O) groups is 2. The zero-order valence-corrected chi connectivity index (χ0v) is 17.3. The number of ether oxygens (including phenoxy) is 1. The van der Waals surface area contributed by atoms with E-state index < -0.39 is 0 Å². The molecule has 0 saturated carbocycles. The Labute approximate surface area is 174 Å². The Bertz CT molecular complexity index is 868. The van der Waals surface area contributed by atoms with Crippen molar-refractivity contribution in [1.29, 1.82) is 0 Å². The molecule has 0 atom stereocenters. The maximum Gasteiger partial charge on any atom is 0.247 e. The summed E-state index contributed by atoms with van der Waals surface area (Å²) < 4.78 is 5.22. The first-order valence-electron chi connectivity index (χ1n) is 8.79. The molecule has 7 heteroatoms. The molecule has 0 aromatic heterocycles. The Balaban J connectivity index is 2.05. The molecule has 2 aromatic rings. The molecule has 0 fully saturated rings. The molecule has 2 amide bonds. The number of hydrogen-bond donors (Lipinski definition) is 1. The Hall–Kier alpha value is -2.50. The molecule has 28 heavy (non-hydrogen) atoms. The zero-order valence-electron chi connectivity index (χ0n) is 15.7. The van der Waals surface area contributed by atoms with Gasteiger partial charge in [0.1, 0.15) is 12.3 Å². The summed E-state index contributed by atoms with van der Waals surface area (Å²) in [5.74, 6) is -0.0197. The van der Waals surface area contributed by atoms with Crippen molar-refractivity contribution in [2.24, 2.45) is 0 Å². The summed E-state index contributed by atoms with van der Waals surface area (Å²) in [5, 5.41) is 3.75. The van der Waals surface area contributed by atoms with Crippen molar-refractivity contribution in [3.63, 3.8) is 0 Å². The van der Waals surface area contributed by atoms with E-state index in [-0.39, 0.29) is 18.4 Å². The fourth-order valence-electron chi connectivity index (χ4n) is 2.55. The van der Waals surface area contributed by atoms with E-state index in [2.05, 4.69) is 5.32 Å². The first-order valence-corrected chi connectivity index (χ1v) is 9.55. The van der Waals surface area contributed by atoms with Gasteiger partial charge in [-0.05, 0) is 42.3 Å². The lowest BCUT2D eigenvalue weighted by Crippen LogP contribution is -2.37. The van der Waals surface area contributed by atoms with Crippen molar-refractivity contribution in [3.05, 3.63) is 64.1 Å². The average molecular weight is 421 g/mol. The van der Waals surface area contributed by atoms with Crippen LogP contribution in [0.15, 0.2) is 48.5 Å². The van der Waals surface area contributed by atoms with Gasteiger partial charge in [0.05, 0.1) is 12.8 Å². The van der Waals surface area contributed by atoms with Gasteiger partial charge in [0.15, 0.2) is 0 Å². The second kappa shape index (κ2) is 10.7. The van der Waals surface area contributed by atoms with Crippen LogP contribution in [0.4, 0.5) is 5.69 Å². The highest BCUT2D eigenvalue weighted by Gasteiger charge is 2.15. The minimum atomic E-state index is -0.302. The van der Waals surface area contributed by atoms with Crippen molar-refractivity contribution in [3.8, 4) is 5.75 Å². The molecule has 2 aromatic carbocycles. The SMILES string of the molecule is CCCN(CC(=O)Nc1ccccc1OC)C(=O)/C=C/c1ccc(Cl)cc1Cl. The average Bonchev–Trinajstić information content (AvgIpc) is 2.67. The summed E-state index contributed by atoms with van der Waals surface area (Å²) >= 11 is 12.0. The number of anilines is 1. The summed E-state index contributed by atoms with van der Waals surface area (Å²) in [4.78, 5) is 26.5. The monoisotopic (exact) mass is 420 g/mol.